The number of benzene rings is 1. The first-order valence-electron chi connectivity index (χ1n) is 10.5. The highest BCUT2D eigenvalue weighted by Crippen LogP contribution is 2.31. The summed E-state index contributed by atoms with van der Waals surface area (Å²) in [6, 6.07) is 5.61. The third-order valence-corrected chi connectivity index (χ3v) is 5.67. The van der Waals surface area contributed by atoms with Gasteiger partial charge in [0, 0.05) is 51.5 Å². The normalized spacial score (nSPS) is 21.4. The van der Waals surface area contributed by atoms with Crippen LogP contribution < -0.4 is 10.2 Å². The Morgan fingerprint density at radius 3 is 2.53 bits per heavy atom. The van der Waals surface area contributed by atoms with Crippen molar-refractivity contribution in [3.05, 3.63) is 29.8 Å². The molecule has 1 unspecified atom stereocenters. The minimum Gasteiger partial charge on any atom is -0.368 e. The Bertz CT molecular complexity index is 689. The average Bonchev–Trinajstić information content (AvgIpc) is 2.71. The van der Waals surface area contributed by atoms with Crippen molar-refractivity contribution in [1.82, 2.24) is 15.1 Å². The molecule has 9 heteroatoms. The van der Waals surface area contributed by atoms with Crippen LogP contribution in [0.2, 0.25) is 0 Å². The molecule has 2 fully saturated rings. The lowest BCUT2D eigenvalue weighted by Crippen LogP contribution is -2.52. The highest BCUT2D eigenvalue weighted by atomic mass is 127. The van der Waals surface area contributed by atoms with E-state index in [1.807, 2.05) is 4.90 Å². The number of aliphatic imine (C=N–C) groups is 1. The first-order valence-corrected chi connectivity index (χ1v) is 10.5. The van der Waals surface area contributed by atoms with Gasteiger partial charge in [0.15, 0.2) is 5.96 Å². The molecule has 0 saturated carbocycles. The number of piperidine rings is 1. The van der Waals surface area contributed by atoms with Crippen molar-refractivity contribution >= 4 is 35.6 Å². The number of hydrogen-bond donors (Lipinski definition) is 1. The van der Waals surface area contributed by atoms with Gasteiger partial charge in [-0.15, -0.1) is 24.0 Å². The number of likely N-dealkylation sites (tertiary alicyclic amines) is 1. The maximum Gasteiger partial charge on any atom is 0.416 e. The van der Waals surface area contributed by atoms with Gasteiger partial charge in [0.1, 0.15) is 0 Å². The minimum absolute atomic E-state index is 0. The molecule has 1 aromatic rings. The summed E-state index contributed by atoms with van der Waals surface area (Å²) in [5.41, 5.74) is 0.0384. The molecular weight excluding hydrogens is 506 g/mol. The standard InChI is InChI=1S/C21H32F3N5.HI/c1-3-25-20(26-15-17-6-5-9-27(2)16-17)29-12-10-28(11-13-29)19-8-4-7-18(14-19)21(22,23)24;/h4,7-8,14,17H,3,5-6,9-13,15-16H2,1-2H3,(H,25,26);1H. The maximum absolute atomic E-state index is 13.0. The van der Waals surface area contributed by atoms with E-state index in [1.165, 1.54) is 25.0 Å². The fourth-order valence-corrected chi connectivity index (χ4v) is 4.12. The van der Waals surface area contributed by atoms with Crippen LogP contribution in [0.25, 0.3) is 0 Å². The summed E-state index contributed by atoms with van der Waals surface area (Å²) >= 11 is 0. The Balaban J connectivity index is 0.00000320. The lowest BCUT2D eigenvalue weighted by Gasteiger charge is -2.38. The molecular formula is C21H33F3IN5. The van der Waals surface area contributed by atoms with Crippen LogP contribution in [-0.4, -0.2) is 75.2 Å². The van der Waals surface area contributed by atoms with Gasteiger partial charge in [-0.1, -0.05) is 6.07 Å². The molecule has 0 amide bonds. The molecule has 1 atom stereocenters. The molecule has 0 spiro atoms. The van der Waals surface area contributed by atoms with Crippen molar-refractivity contribution in [2.24, 2.45) is 10.9 Å². The first-order chi connectivity index (χ1) is 13.9. The molecule has 2 saturated heterocycles. The zero-order valence-corrected chi connectivity index (χ0v) is 20.1. The molecule has 3 rings (SSSR count). The Hall–Kier alpha value is -1.23. The quantitative estimate of drug-likeness (QED) is 0.359. The van der Waals surface area contributed by atoms with Crippen LogP contribution in [0.4, 0.5) is 18.9 Å². The molecule has 0 bridgehead atoms. The Labute approximate surface area is 194 Å². The van der Waals surface area contributed by atoms with Gasteiger partial charge >= 0.3 is 6.18 Å². The Morgan fingerprint density at radius 2 is 1.90 bits per heavy atom. The van der Waals surface area contributed by atoms with E-state index in [0.29, 0.717) is 24.7 Å². The molecule has 2 aliphatic heterocycles. The summed E-state index contributed by atoms with van der Waals surface area (Å²) in [5.74, 6) is 1.51. The van der Waals surface area contributed by atoms with E-state index in [4.69, 9.17) is 4.99 Å². The van der Waals surface area contributed by atoms with Crippen LogP contribution in [0.5, 0.6) is 0 Å². The van der Waals surface area contributed by atoms with Gasteiger partial charge in [-0.05, 0) is 57.5 Å². The van der Waals surface area contributed by atoms with Crippen molar-refractivity contribution in [1.29, 1.82) is 0 Å². The number of piperazine rings is 1. The van der Waals surface area contributed by atoms with Crippen LogP contribution in [0.3, 0.4) is 0 Å². The number of nitrogens with zero attached hydrogens (tertiary/aromatic N) is 4. The fraction of sp³-hybridized carbons (Fsp3) is 0.667. The second kappa shape index (κ2) is 11.4. The highest BCUT2D eigenvalue weighted by Gasteiger charge is 2.31. The predicted octanol–water partition coefficient (Wildman–Crippen LogP) is 3.75. The van der Waals surface area contributed by atoms with E-state index in [2.05, 4.69) is 29.1 Å². The molecule has 2 heterocycles. The van der Waals surface area contributed by atoms with Crippen molar-refractivity contribution in [3.63, 3.8) is 0 Å². The molecule has 2 aliphatic rings. The first kappa shape index (κ1) is 25.0. The second-order valence-corrected chi connectivity index (χ2v) is 7.99. The van der Waals surface area contributed by atoms with Crippen molar-refractivity contribution in [3.8, 4) is 0 Å². The van der Waals surface area contributed by atoms with Gasteiger partial charge in [0.2, 0.25) is 0 Å². The van der Waals surface area contributed by atoms with E-state index < -0.39 is 11.7 Å². The number of nitrogens with one attached hydrogen (secondary N) is 1. The number of halogens is 4. The summed E-state index contributed by atoms with van der Waals surface area (Å²) < 4.78 is 39.0. The summed E-state index contributed by atoms with van der Waals surface area (Å²) in [6.07, 6.45) is -1.87. The number of alkyl halides is 3. The SMILES string of the molecule is CCNC(=NCC1CCCN(C)C1)N1CCN(c2cccc(C(F)(F)F)c2)CC1.I. The second-order valence-electron chi connectivity index (χ2n) is 7.99. The van der Waals surface area contributed by atoms with Crippen molar-refractivity contribution in [2.75, 3.05) is 64.3 Å². The van der Waals surface area contributed by atoms with Gasteiger partial charge in [-0.2, -0.15) is 13.2 Å². The van der Waals surface area contributed by atoms with E-state index in [9.17, 15) is 13.2 Å². The Kier molecular flexibility index (Phi) is 9.52. The van der Waals surface area contributed by atoms with Crippen LogP contribution in [0.15, 0.2) is 29.3 Å². The number of anilines is 1. The number of rotatable bonds is 4. The summed E-state index contributed by atoms with van der Waals surface area (Å²) in [6.45, 7) is 8.78. The molecule has 0 radical (unpaired) electrons. The smallest absolute Gasteiger partial charge is 0.368 e. The third-order valence-electron chi connectivity index (χ3n) is 5.67. The molecule has 0 aliphatic carbocycles. The zero-order valence-electron chi connectivity index (χ0n) is 17.8. The molecule has 5 nitrogen and oxygen atoms in total. The molecule has 170 valence electrons. The molecule has 1 aromatic carbocycles. The van der Waals surface area contributed by atoms with Crippen LogP contribution in [0, 0.1) is 5.92 Å². The average molecular weight is 539 g/mol. The molecule has 1 N–H and O–H groups in total. The summed E-state index contributed by atoms with van der Waals surface area (Å²) in [5, 5.41) is 3.38. The van der Waals surface area contributed by atoms with E-state index in [1.54, 1.807) is 6.07 Å². The molecule has 30 heavy (non-hydrogen) atoms. The number of guanidine groups is 1. The van der Waals surface area contributed by atoms with Crippen LogP contribution in [0.1, 0.15) is 25.3 Å². The predicted molar refractivity (Wildman–Crippen MR) is 127 cm³/mol. The summed E-state index contributed by atoms with van der Waals surface area (Å²) in [7, 11) is 2.16. The largest absolute Gasteiger partial charge is 0.416 e. The zero-order chi connectivity index (χ0) is 20.9. The lowest BCUT2D eigenvalue weighted by atomic mass is 9.99. The van der Waals surface area contributed by atoms with Gasteiger partial charge < -0.3 is 20.0 Å². The van der Waals surface area contributed by atoms with Crippen molar-refractivity contribution in [2.45, 2.75) is 25.9 Å². The third kappa shape index (κ3) is 6.90. The van der Waals surface area contributed by atoms with Crippen molar-refractivity contribution < 1.29 is 13.2 Å². The lowest BCUT2D eigenvalue weighted by molar-refractivity contribution is -0.137. The van der Waals surface area contributed by atoms with E-state index in [0.717, 1.165) is 51.3 Å². The monoisotopic (exact) mass is 539 g/mol. The molecule has 0 aromatic heterocycles. The maximum atomic E-state index is 13.0. The number of hydrogen-bond acceptors (Lipinski definition) is 3. The van der Waals surface area contributed by atoms with Crippen LogP contribution >= 0.6 is 24.0 Å². The minimum atomic E-state index is -4.31. The van der Waals surface area contributed by atoms with Gasteiger partial charge in [0.05, 0.1) is 5.56 Å². The van der Waals surface area contributed by atoms with Gasteiger partial charge in [-0.3, -0.25) is 4.99 Å². The van der Waals surface area contributed by atoms with Crippen LogP contribution in [-0.2, 0) is 6.18 Å². The topological polar surface area (TPSA) is 34.1 Å². The summed E-state index contributed by atoms with van der Waals surface area (Å²) in [4.78, 5) is 11.5. The highest BCUT2D eigenvalue weighted by molar-refractivity contribution is 14.0. The van der Waals surface area contributed by atoms with Gasteiger partial charge in [0.25, 0.3) is 0 Å². The van der Waals surface area contributed by atoms with E-state index >= 15 is 0 Å². The van der Waals surface area contributed by atoms with Gasteiger partial charge in [-0.25, -0.2) is 0 Å². The fourth-order valence-electron chi connectivity index (χ4n) is 4.12. The van der Waals surface area contributed by atoms with E-state index in [-0.39, 0.29) is 24.0 Å². The Morgan fingerprint density at radius 1 is 1.17 bits per heavy atom.